The summed E-state index contributed by atoms with van der Waals surface area (Å²) in [6.45, 7) is 5.69. The number of cyclic esters (lactones) is 1. The first-order valence-corrected chi connectivity index (χ1v) is 9.49. The van der Waals surface area contributed by atoms with Crippen molar-refractivity contribution < 1.29 is 27.5 Å². The molecule has 1 aliphatic rings. The van der Waals surface area contributed by atoms with Crippen molar-refractivity contribution in [3.05, 3.63) is 29.8 Å². The number of carbonyl (C=O) groups excluding carboxylic acids is 2. The Kier molecular flexibility index (Phi) is 5.72. The highest BCUT2D eigenvalue weighted by Crippen LogP contribution is 2.32. The third-order valence-corrected chi connectivity index (χ3v) is 5.85. The van der Waals surface area contributed by atoms with Crippen LogP contribution in [0.2, 0.25) is 0 Å². The minimum absolute atomic E-state index is 0.0184. The zero-order valence-electron chi connectivity index (χ0n) is 14.8. The average Bonchev–Trinajstić information content (AvgIpc) is 2.82. The van der Waals surface area contributed by atoms with Crippen LogP contribution in [0, 0.1) is 12.8 Å². The summed E-state index contributed by atoms with van der Waals surface area (Å²) < 4.78 is 36.5. The van der Waals surface area contributed by atoms with Gasteiger partial charge in [0, 0.05) is 0 Å². The largest absolute Gasteiger partial charge is 0.469 e. The fourth-order valence-electron chi connectivity index (χ4n) is 2.78. The molecule has 0 spiro atoms. The predicted octanol–water partition coefficient (Wildman–Crippen LogP) is 2.48. The van der Waals surface area contributed by atoms with Gasteiger partial charge < -0.3 is 9.47 Å². The number of ether oxygens (including phenoxy) is 2. The Morgan fingerprint density at radius 3 is 2.40 bits per heavy atom. The fraction of sp³-hybridized carbons (Fsp3) is 0.529. The molecule has 0 bridgehead atoms. The number of esters is 1. The fourth-order valence-corrected chi connectivity index (χ4v) is 4.30. The van der Waals surface area contributed by atoms with Crippen molar-refractivity contribution >= 4 is 22.1 Å². The molecule has 1 aromatic rings. The van der Waals surface area contributed by atoms with Gasteiger partial charge in [-0.2, -0.15) is 4.31 Å². The minimum atomic E-state index is -4.13. The number of nitrogens with zero attached hydrogens (tertiary/aromatic N) is 1. The number of aryl methyl sites for hydroxylation is 1. The lowest BCUT2D eigenvalue weighted by molar-refractivity contribution is -0.141. The van der Waals surface area contributed by atoms with Crippen LogP contribution in [0.4, 0.5) is 4.79 Å². The van der Waals surface area contributed by atoms with Gasteiger partial charge in [-0.3, -0.25) is 4.79 Å². The van der Waals surface area contributed by atoms with E-state index in [4.69, 9.17) is 4.74 Å². The second kappa shape index (κ2) is 7.43. The Hall–Kier alpha value is -2.09. The van der Waals surface area contributed by atoms with Crippen LogP contribution in [0.5, 0.6) is 0 Å². The van der Waals surface area contributed by atoms with Crippen molar-refractivity contribution in [1.29, 1.82) is 0 Å². The van der Waals surface area contributed by atoms with E-state index in [9.17, 15) is 18.0 Å². The predicted molar refractivity (Wildman–Crippen MR) is 90.3 cm³/mol. The smallest absolute Gasteiger partial charge is 0.424 e. The van der Waals surface area contributed by atoms with E-state index in [0.717, 1.165) is 5.56 Å². The van der Waals surface area contributed by atoms with Gasteiger partial charge >= 0.3 is 12.1 Å². The molecule has 138 valence electrons. The first kappa shape index (κ1) is 19.2. The topological polar surface area (TPSA) is 90.0 Å². The van der Waals surface area contributed by atoms with Crippen LogP contribution in [0.25, 0.3) is 0 Å². The minimum Gasteiger partial charge on any atom is -0.469 e. The molecule has 1 fully saturated rings. The second-order valence-electron chi connectivity index (χ2n) is 6.51. The highest BCUT2D eigenvalue weighted by atomic mass is 32.2. The van der Waals surface area contributed by atoms with Gasteiger partial charge in [0.25, 0.3) is 10.0 Å². The number of carbonyl (C=O) groups is 2. The van der Waals surface area contributed by atoms with Crippen molar-refractivity contribution in [2.45, 2.75) is 50.7 Å². The number of methoxy groups -OCH3 is 1. The highest BCUT2D eigenvalue weighted by Gasteiger charge is 2.49. The number of sulfonamides is 1. The van der Waals surface area contributed by atoms with Crippen molar-refractivity contribution in [2.75, 3.05) is 7.11 Å². The van der Waals surface area contributed by atoms with Crippen LogP contribution < -0.4 is 0 Å². The van der Waals surface area contributed by atoms with Crippen molar-refractivity contribution in [2.24, 2.45) is 5.92 Å². The van der Waals surface area contributed by atoms with E-state index in [0.29, 0.717) is 10.7 Å². The molecule has 1 aromatic carbocycles. The van der Waals surface area contributed by atoms with Crippen LogP contribution in [0.15, 0.2) is 29.2 Å². The molecule has 1 heterocycles. The molecule has 0 N–H and O–H groups in total. The van der Waals surface area contributed by atoms with Gasteiger partial charge in [0.05, 0.1) is 24.5 Å². The Morgan fingerprint density at radius 1 is 1.28 bits per heavy atom. The van der Waals surface area contributed by atoms with Crippen molar-refractivity contribution in [3.8, 4) is 0 Å². The molecule has 7 nitrogen and oxygen atoms in total. The summed E-state index contributed by atoms with van der Waals surface area (Å²) in [6.07, 6.45) is -1.44. The lowest BCUT2D eigenvalue weighted by Gasteiger charge is -2.24. The maximum atomic E-state index is 12.9. The highest BCUT2D eigenvalue weighted by molar-refractivity contribution is 7.89. The molecule has 0 aliphatic carbocycles. The molecule has 1 saturated heterocycles. The average molecular weight is 369 g/mol. The monoisotopic (exact) mass is 369 g/mol. The normalized spacial score (nSPS) is 20.7. The Morgan fingerprint density at radius 2 is 1.88 bits per heavy atom. The maximum absolute atomic E-state index is 12.9. The molecule has 0 radical (unpaired) electrons. The molecular weight excluding hydrogens is 346 g/mol. The lowest BCUT2D eigenvalue weighted by atomic mass is 9.99. The Labute approximate surface area is 148 Å². The second-order valence-corrected chi connectivity index (χ2v) is 8.33. The molecule has 2 rings (SSSR count). The molecule has 0 aromatic heterocycles. The number of rotatable bonds is 6. The zero-order valence-corrected chi connectivity index (χ0v) is 15.6. The third-order valence-electron chi connectivity index (χ3n) is 4.05. The number of benzene rings is 1. The summed E-state index contributed by atoms with van der Waals surface area (Å²) in [5.41, 5.74) is 0.895. The van der Waals surface area contributed by atoms with Gasteiger partial charge in [0.15, 0.2) is 0 Å². The summed E-state index contributed by atoms with van der Waals surface area (Å²) in [7, 11) is -2.91. The molecule has 2 atom stereocenters. The van der Waals surface area contributed by atoms with E-state index in [-0.39, 0.29) is 17.2 Å². The van der Waals surface area contributed by atoms with Gasteiger partial charge in [-0.1, -0.05) is 31.5 Å². The lowest BCUT2D eigenvalue weighted by Crippen LogP contribution is -2.42. The molecule has 1 aliphatic heterocycles. The maximum Gasteiger partial charge on any atom is 0.424 e. The number of amides is 1. The number of hydrogen-bond acceptors (Lipinski definition) is 6. The van der Waals surface area contributed by atoms with E-state index in [1.165, 1.54) is 19.2 Å². The van der Waals surface area contributed by atoms with Crippen LogP contribution in [0.3, 0.4) is 0 Å². The van der Waals surface area contributed by atoms with Gasteiger partial charge in [-0.05, 0) is 31.4 Å². The summed E-state index contributed by atoms with van der Waals surface area (Å²) in [6, 6.07) is 5.24. The van der Waals surface area contributed by atoms with E-state index in [1.807, 2.05) is 20.8 Å². The summed E-state index contributed by atoms with van der Waals surface area (Å²) in [5.74, 6) is -0.430. The molecule has 25 heavy (non-hydrogen) atoms. The SMILES string of the molecule is COC(=O)C[C@@H]1[C@@H](CC(C)C)OC(=O)N1S(=O)(=O)c1ccc(C)cc1. The first-order chi connectivity index (χ1) is 11.7. The third kappa shape index (κ3) is 4.12. The standard InChI is InChI=1S/C17H23NO6S/c1-11(2)9-15-14(10-16(19)23-4)18(17(20)24-15)25(21,22)13-7-5-12(3)6-8-13/h5-8,11,14-15H,9-10H2,1-4H3/t14-,15-/m1/s1. The van der Waals surface area contributed by atoms with Crippen LogP contribution in [0.1, 0.15) is 32.3 Å². The number of hydrogen-bond donors (Lipinski definition) is 0. The van der Waals surface area contributed by atoms with Gasteiger partial charge in [-0.25, -0.2) is 13.2 Å². The van der Waals surface area contributed by atoms with Crippen LogP contribution >= 0.6 is 0 Å². The quantitative estimate of drug-likeness (QED) is 0.716. The van der Waals surface area contributed by atoms with E-state index in [1.54, 1.807) is 12.1 Å². The van der Waals surface area contributed by atoms with Gasteiger partial charge in [0.2, 0.25) is 0 Å². The Bertz CT molecular complexity index is 741. The van der Waals surface area contributed by atoms with Gasteiger partial charge in [-0.15, -0.1) is 0 Å². The van der Waals surface area contributed by atoms with Gasteiger partial charge in [0.1, 0.15) is 6.10 Å². The van der Waals surface area contributed by atoms with E-state index in [2.05, 4.69) is 4.74 Å². The molecule has 8 heteroatoms. The zero-order chi connectivity index (χ0) is 18.8. The van der Waals surface area contributed by atoms with E-state index >= 15 is 0 Å². The van der Waals surface area contributed by atoms with Crippen molar-refractivity contribution in [1.82, 2.24) is 4.31 Å². The molecular formula is C17H23NO6S. The molecule has 0 saturated carbocycles. The molecule has 1 amide bonds. The van der Waals surface area contributed by atoms with Crippen LogP contribution in [-0.2, 0) is 24.3 Å². The molecule has 0 unspecified atom stereocenters. The summed E-state index contributed by atoms with van der Waals surface area (Å²) >= 11 is 0. The van der Waals surface area contributed by atoms with Crippen LogP contribution in [-0.4, -0.2) is 44.0 Å². The first-order valence-electron chi connectivity index (χ1n) is 8.05. The summed E-state index contributed by atoms with van der Waals surface area (Å²) in [4.78, 5) is 24.0. The van der Waals surface area contributed by atoms with E-state index < -0.39 is 34.2 Å². The Balaban J connectivity index is 2.42. The summed E-state index contributed by atoms with van der Waals surface area (Å²) in [5, 5.41) is 0. The van der Waals surface area contributed by atoms with Crippen molar-refractivity contribution in [3.63, 3.8) is 0 Å².